The largest absolute Gasteiger partial charge is 0.369 e. The number of aryl methyl sites for hydroxylation is 1. The molecule has 0 saturated heterocycles. The standard InChI is InChI=1S/C10H13N3O/c1-3-4-5-6-11-9-7-10(14)13-8(2)12-9/h7H,5-6H2,1-2H3,(H2,11,12,13,14). The minimum absolute atomic E-state index is 0.137. The summed E-state index contributed by atoms with van der Waals surface area (Å²) in [7, 11) is 0. The number of H-pyrrole nitrogens is 1. The van der Waals surface area contributed by atoms with E-state index in [1.807, 2.05) is 0 Å². The van der Waals surface area contributed by atoms with Gasteiger partial charge in [0.2, 0.25) is 0 Å². The van der Waals surface area contributed by atoms with Crippen LogP contribution in [0.4, 0.5) is 5.82 Å². The summed E-state index contributed by atoms with van der Waals surface area (Å²) in [6.45, 7) is 4.25. The van der Waals surface area contributed by atoms with E-state index in [1.54, 1.807) is 13.8 Å². The molecule has 0 spiro atoms. The third-order valence-corrected chi connectivity index (χ3v) is 1.59. The molecule has 0 unspecified atom stereocenters. The van der Waals surface area contributed by atoms with Gasteiger partial charge in [-0.1, -0.05) is 0 Å². The van der Waals surface area contributed by atoms with Crippen molar-refractivity contribution in [1.29, 1.82) is 0 Å². The maximum atomic E-state index is 11.0. The Kier molecular flexibility index (Phi) is 3.74. The summed E-state index contributed by atoms with van der Waals surface area (Å²) in [6, 6.07) is 1.44. The van der Waals surface area contributed by atoms with Gasteiger partial charge in [-0.25, -0.2) is 4.98 Å². The highest BCUT2D eigenvalue weighted by atomic mass is 16.1. The normalized spacial score (nSPS) is 9.00. The molecule has 1 heterocycles. The minimum atomic E-state index is -0.137. The Morgan fingerprint density at radius 2 is 2.43 bits per heavy atom. The number of hydrogen-bond acceptors (Lipinski definition) is 3. The van der Waals surface area contributed by atoms with Crippen molar-refractivity contribution in [3.8, 4) is 11.8 Å². The zero-order valence-electron chi connectivity index (χ0n) is 8.35. The van der Waals surface area contributed by atoms with Crippen molar-refractivity contribution in [3.05, 3.63) is 22.2 Å². The number of rotatable bonds is 3. The van der Waals surface area contributed by atoms with Crippen LogP contribution in [0.15, 0.2) is 10.9 Å². The number of anilines is 1. The van der Waals surface area contributed by atoms with Crippen molar-refractivity contribution in [2.45, 2.75) is 20.3 Å². The Labute approximate surface area is 82.8 Å². The highest BCUT2D eigenvalue weighted by Crippen LogP contribution is 1.97. The SMILES string of the molecule is CC#CCCNc1cc(=O)[nH]c(C)n1. The molecule has 0 saturated carbocycles. The van der Waals surface area contributed by atoms with Gasteiger partial charge in [0.05, 0.1) is 0 Å². The molecular formula is C10H13N3O. The van der Waals surface area contributed by atoms with Crippen LogP contribution in [0.3, 0.4) is 0 Å². The number of nitrogens with one attached hydrogen (secondary N) is 2. The van der Waals surface area contributed by atoms with Gasteiger partial charge in [-0.05, 0) is 13.8 Å². The lowest BCUT2D eigenvalue weighted by atomic mass is 10.4. The van der Waals surface area contributed by atoms with E-state index in [-0.39, 0.29) is 5.56 Å². The topological polar surface area (TPSA) is 57.8 Å². The molecular weight excluding hydrogens is 178 g/mol. The first-order valence-corrected chi connectivity index (χ1v) is 4.44. The van der Waals surface area contributed by atoms with Gasteiger partial charge in [-0.2, -0.15) is 0 Å². The monoisotopic (exact) mass is 191 g/mol. The van der Waals surface area contributed by atoms with Crippen molar-refractivity contribution < 1.29 is 0 Å². The number of hydrogen-bond donors (Lipinski definition) is 2. The molecule has 0 aliphatic rings. The summed E-state index contributed by atoms with van der Waals surface area (Å²) in [5.74, 6) is 6.93. The van der Waals surface area contributed by atoms with Gasteiger partial charge in [-0.3, -0.25) is 4.79 Å². The maximum Gasteiger partial charge on any atom is 0.252 e. The molecule has 0 amide bonds. The van der Waals surface area contributed by atoms with Crippen LogP contribution >= 0.6 is 0 Å². The van der Waals surface area contributed by atoms with E-state index >= 15 is 0 Å². The van der Waals surface area contributed by atoms with Crippen LogP contribution in [0.1, 0.15) is 19.2 Å². The molecule has 0 radical (unpaired) electrons. The Bertz CT molecular complexity index is 411. The highest BCUT2D eigenvalue weighted by molar-refractivity contribution is 5.32. The molecule has 1 rings (SSSR count). The van der Waals surface area contributed by atoms with Crippen molar-refractivity contribution in [2.75, 3.05) is 11.9 Å². The number of aromatic nitrogens is 2. The first-order chi connectivity index (χ1) is 6.72. The number of nitrogens with zero attached hydrogens (tertiary/aromatic N) is 1. The van der Waals surface area contributed by atoms with E-state index < -0.39 is 0 Å². The molecule has 1 aromatic rings. The van der Waals surface area contributed by atoms with Crippen LogP contribution in [0.2, 0.25) is 0 Å². The molecule has 0 fully saturated rings. The fourth-order valence-electron chi connectivity index (χ4n) is 1.05. The molecule has 14 heavy (non-hydrogen) atoms. The summed E-state index contributed by atoms with van der Waals surface area (Å²) in [6.07, 6.45) is 0.754. The van der Waals surface area contributed by atoms with Crippen LogP contribution in [-0.2, 0) is 0 Å². The zero-order valence-corrected chi connectivity index (χ0v) is 8.35. The Hall–Kier alpha value is -1.76. The van der Waals surface area contributed by atoms with Crippen LogP contribution in [-0.4, -0.2) is 16.5 Å². The van der Waals surface area contributed by atoms with E-state index in [9.17, 15) is 4.79 Å². The average molecular weight is 191 g/mol. The molecule has 2 N–H and O–H groups in total. The van der Waals surface area contributed by atoms with Crippen LogP contribution in [0, 0.1) is 18.8 Å². The lowest BCUT2D eigenvalue weighted by Crippen LogP contribution is -2.12. The Morgan fingerprint density at radius 1 is 1.64 bits per heavy atom. The third-order valence-electron chi connectivity index (χ3n) is 1.59. The lowest BCUT2D eigenvalue weighted by Gasteiger charge is -2.02. The Morgan fingerprint density at radius 3 is 3.07 bits per heavy atom. The second-order valence-corrected chi connectivity index (χ2v) is 2.82. The van der Waals surface area contributed by atoms with Crippen molar-refractivity contribution in [3.63, 3.8) is 0 Å². The molecule has 74 valence electrons. The summed E-state index contributed by atoms with van der Waals surface area (Å²) >= 11 is 0. The van der Waals surface area contributed by atoms with E-state index in [0.29, 0.717) is 18.2 Å². The first-order valence-electron chi connectivity index (χ1n) is 4.44. The predicted molar refractivity (Wildman–Crippen MR) is 56.2 cm³/mol. The molecule has 0 bridgehead atoms. The van der Waals surface area contributed by atoms with E-state index in [0.717, 1.165) is 6.42 Å². The third kappa shape index (κ3) is 3.31. The van der Waals surface area contributed by atoms with E-state index in [1.165, 1.54) is 6.07 Å². The fraction of sp³-hybridized carbons (Fsp3) is 0.400. The van der Waals surface area contributed by atoms with Gasteiger partial charge in [0.25, 0.3) is 5.56 Å². The summed E-state index contributed by atoms with van der Waals surface area (Å²) in [4.78, 5) is 17.7. The van der Waals surface area contributed by atoms with E-state index in [4.69, 9.17) is 0 Å². The second-order valence-electron chi connectivity index (χ2n) is 2.82. The summed E-state index contributed by atoms with van der Waals surface area (Å²) in [5, 5.41) is 3.03. The van der Waals surface area contributed by atoms with Crippen LogP contribution in [0.5, 0.6) is 0 Å². The first kappa shape index (κ1) is 10.3. The fourth-order valence-corrected chi connectivity index (χ4v) is 1.05. The molecule has 0 aliphatic heterocycles. The van der Waals surface area contributed by atoms with Crippen molar-refractivity contribution in [2.24, 2.45) is 0 Å². The van der Waals surface area contributed by atoms with Crippen LogP contribution < -0.4 is 10.9 Å². The summed E-state index contributed by atoms with van der Waals surface area (Å²) < 4.78 is 0. The predicted octanol–water partition coefficient (Wildman–Crippen LogP) is 0.904. The smallest absolute Gasteiger partial charge is 0.252 e. The molecule has 0 aliphatic carbocycles. The van der Waals surface area contributed by atoms with Crippen molar-refractivity contribution in [1.82, 2.24) is 9.97 Å². The average Bonchev–Trinajstić information content (AvgIpc) is 2.11. The Balaban J connectivity index is 2.57. The van der Waals surface area contributed by atoms with Gasteiger partial charge in [-0.15, -0.1) is 11.8 Å². The van der Waals surface area contributed by atoms with Gasteiger partial charge < -0.3 is 10.3 Å². The molecule has 0 aromatic carbocycles. The molecule has 4 nitrogen and oxygen atoms in total. The molecule has 4 heteroatoms. The van der Waals surface area contributed by atoms with E-state index in [2.05, 4.69) is 27.1 Å². The summed E-state index contributed by atoms with van der Waals surface area (Å²) in [5.41, 5.74) is -0.137. The minimum Gasteiger partial charge on any atom is -0.369 e. The highest BCUT2D eigenvalue weighted by Gasteiger charge is 1.95. The van der Waals surface area contributed by atoms with Crippen molar-refractivity contribution >= 4 is 5.82 Å². The maximum absolute atomic E-state index is 11.0. The van der Waals surface area contributed by atoms with Gasteiger partial charge in [0.1, 0.15) is 11.6 Å². The van der Waals surface area contributed by atoms with Gasteiger partial charge in [0, 0.05) is 19.0 Å². The number of aromatic amines is 1. The lowest BCUT2D eigenvalue weighted by molar-refractivity contribution is 0.991. The quantitative estimate of drug-likeness (QED) is 0.551. The molecule has 0 atom stereocenters. The zero-order chi connectivity index (χ0) is 10.4. The van der Waals surface area contributed by atoms with Gasteiger partial charge >= 0.3 is 0 Å². The van der Waals surface area contributed by atoms with Crippen LogP contribution in [0.25, 0.3) is 0 Å². The molecule has 1 aromatic heterocycles. The van der Waals surface area contributed by atoms with Gasteiger partial charge in [0.15, 0.2) is 0 Å². The second kappa shape index (κ2) is 5.07.